The Morgan fingerprint density at radius 3 is 2.65 bits per heavy atom. The number of nitriles is 1. The van der Waals surface area contributed by atoms with Gasteiger partial charge in [-0.15, -0.1) is 0 Å². The van der Waals surface area contributed by atoms with E-state index in [9.17, 15) is 18.0 Å². The van der Waals surface area contributed by atoms with E-state index in [4.69, 9.17) is 5.26 Å². The van der Waals surface area contributed by atoms with Gasteiger partial charge in [0.1, 0.15) is 18.4 Å². The molecule has 0 fully saturated rings. The molecular formula is C9H7F3N4O. The lowest BCUT2D eigenvalue weighted by molar-refractivity contribution is -0.122. The van der Waals surface area contributed by atoms with Gasteiger partial charge in [-0.3, -0.25) is 5.32 Å². The van der Waals surface area contributed by atoms with Crippen LogP contribution in [0.4, 0.5) is 23.8 Å². The minimum Gasteiger partial charge on any atom is -0.329 e. The highest BCUT2D eigenvalue weighted by atomic mass is 19.4. The van der Waals surface area contributed by atoms with Crippen LogP contribution in [-0.4, -0.2) is 23.7 Å². The van der Waals surface area contributed by atoms with Crippen LogP contribution in [0.1, 0.15) is 5.56 Å². The molecule has 0 aliphatic rings. The highest BCUT2D eigenvalue weighted by molar-refractivity contribution is 5.88. The second-order valence-corrected chi connectivity index (χ2v) is 2.97. The maximum atomic E-state index is 11.8. The number of aromatic nitrogens is 1. The third kappa shape index (κ3) is 4.83. The Kier molecular flexibility index (Phi) is 3.87. The molecule has 1 aromatic rings. The van der Waals surface area contributed by atoms with E-state index in [-0.39, 0.29) is 11.4 Å². The van der Waals surface area contributed by atoms with Crippen LogP contribution >= 0.6 is 0 Å². The summed E-state index contributed by atoms with van der Waals surface area (Å²) in [6.07, 6.45) is -3.27. The van der Waals surface area contributed by atoms with Crippen molar-refractivity contribution in [3.63, 3.8) is 0 Å². The number of pyridine rings is 1. The van der Waals surface area contributed by atoms with Crippen molar-refractivity contribution in [2.45, 2.75) is 6.18 Å². The monoisotopic (exact) mass is 244 g/mol. The molecule has 8 heteroatoms. The molecule has 0 atom stereocenters. The Morgan fingerprint density at radius 2 is 2.18 bits per heavy atom. The molecule has 0 aliphatic heterocycles. The molecule has 0 saturated heterocycles. The first-order valence-corrected chi connectivity index (χ1v) is 4.38. The Labute approximate surface area is 94.3 Å². The van der Waals surface area contributed by atoms with E-state index in [0.29, 0.717) is 0 Å². The Bertz CT molecular complexity index is 435. The summed E-state index contributed by atoms with van der Waals surface area (Å²) >= 11 is 0. The van der Waals surface area contributed by atoms with Crippen LogP contribution in [0.2, 0.25) is 0 Å². The number of rotatable bonds is 2. The van der Waals surface area contributed by atoms with Crippen LogP contribution in [-0.2, 0) is 0 Å². The summed E-state index contributed by atoms with van der Waals surface area (Å²) in [5.41, 5.74) is 0.284. The summed E-state index contributed by atoms with van der Waals surface area (Å²) in [6.45, 7) is -1.42. The average Bonchev–Trinajstić information content (AvgIpc) is 2.27. The second-order valence-electron chi connectivity index (χ2n) is 2.97. The number of amides is 2. The highest BCUT2D eigenvalue weighted by Gasteiger charge is 2.27. The molecule has 0 saturated carbocycles. The molecule has 1 rings (SSSR count). The number of carbonyl (C=O) groups is 1. The van der Waals surface area contributed by atoms with Gasteiger partial charge in [0.25, 0.3) is 0 Å². The van der Waals surface area contributed by atoms with Gasteiger partial charge in [-0.2, -0.15) is 18.4 Å². The summed E-state index contributed by atoms with van der Waals surface area (Å²) in [5.74, 6) is 0.0590. The number of anilines is 1. The van der Waals surface area contributed by atoms with Gasteiger partial charge in [0.15, 0.2) is 0 Å². The molecule has 0 unspecified atom stereocenters. The summed E-state index contributed by atoms with van der Waals surface area (Å²) < 4.78 is 35.3. The normalized spacial score (nSPS) is 10.5. The molecule has 0 bridgehead atoms. The van der Waals surface area contributed by atoms with E-state index in [1.54, 1.807) is 5.32 Å². The van der Waals surface area contributed by atoms with Gasteiger partial charge in [0.2, 0.25) is 0 Å². The topological polar surface area (TPSA) is 77.8 Å². The predicted octanol–water partition coefficient (Wildman–Crippen LogP) is 1.64. The van der Waals surface area contributed by atoms with Crippen molar-refractivity contribution in [2.75, 3.05) is 11.9 Å². The van der Waals surface area contributed by atoms with Crippen molar-refractivity contribution in [3.8, 4) is 6.07 Å². The molecule has 5 nitrogen and oxygen atoms in total. The number of nitrogens with one attached hydrogen (secondary N) is 2. The van der Waals surface area contributed by atoms with E-state index in [0.717, 1.165) is 0 Å². The molecular weight excluding hydrogens is 237 g/mol. The van der Waals surface area contributed by atoms with E-state index in [2.05, 4.69) is 10.3 Å². The van der Waals surface area contributed by atoms with Crippen LogP contribution in [0.15, 0.2) is 18.3 Å². The number of carbonyl (C=O) groups excluding carboxylic acids is 1. The van der Waals surface area contributed by atoms with E-state index in [1.165, 1.54) is 18.3 Å². The maximum Gasteiger partial charge on any atom is 0.405 e. The highest BCUT2D eigenvalue weighted by Crippen LogP contribution is 2.12. The first kappa shape index (κ1) is 12.8. The quantitative estimate of drug-likeness (QED) is 0.830. The smallest absolute Gasteiger partial charge is 0.329 e. The molecule has 0 aromatic carbocycles. The minimum absolute atomic E-state index is 0.0590. The fraction of sp³-hybridized carbons (Fsp3) is 0.222. The maximum absolute atomic E-state index is 11.8. The molecule has 90 valence electrons. The Hall–Kier alpha value is -2.30. The first-order valence-electron chi connectivity index (χ1n) is 4.38. The lowest BCUT2D eigenvalue weighted by atomic mass is 10.3. The van der Waals surface area contributed by atoms with E-state index in [1.807, 2.05) is 6.07 Å². The Balaban J connectivity index is 2.48. The fourth-order valence-electron chi connectivity index (χ4n) is 0.875. The zero-order chi connectivity index (χ0) is 12.9. The van der Waals surface area contributed by atoms with Gasteiger partial charge in [-0.25, -0.2) is 9.78 Å². The van der Waals surface area contributed by atoms with Crippen LogP contribution in [0.25, 0.3) is 0 Å². The molecule has 0 aliphatic carbocycles. The minimum atomic E-state index is -4.46. The van der Waals surface area contributed by atoms with Gasteiger partial charge in [0, 0.05) is 6.20 Å². The lowest BCUT2D eigenvalue weighted by Crippen LogP contribution is -2.36. The average molecular weight is 244 g/mol. The van der Waals surface area contributed by atoms with Crippen LogP contribution in [0, 0.1) is 11.3 Å². The summed E-state index contributed by atoms with van der Waals surface area (Å²) in [7, 11) is 0. The standard InChI is InChI=1S/C9H7F3N4O/c10-9(11,12)5-15-8(17)16-7-2-1-6(3-13)4-14-7/h1-2,4H,5H2,(H2,14,15,16,17). The molecule has 0 radical (unpaired) electrons. The SMILES string of the molecule is N#Cc1ccc(NC(=O)NCC(F)(F)F)nc1. The first-order chi connectivity index (χ1) is 7.90. The summed E-state index contributed by atoms with van der Waals surface area (Å²) in [4.78, 5) is 14.6. The molecule has 0 spiro atoms. The van der Waals surface area contributed by atoms with Crippen molar-refractivity contribution in [2.24, 2.45) is 0 Å². The van der Waals surface area contributed by atoms with Gasteiger partial charge in [-0.05, 0) is 12.1 Å². The second kappa shape index (κ2) is 5.16. The number of halogens is 3. The van der Waals surface area contributed by atoms with Crippen molar-refractivity contribution < 1.29 is 18.0 Å². The zero-order valence-electron chi connectivity index (χ0n) is 8.38. The molecule has 2 N–H and O–H groups in total. The molecule has 2 amide bonds. The number of alkyl halides is 3. The van der Waals surface area contributed by atoms with Gasteiger partial charge in [-0.1, -0.05) is 0 Å². The number of nitrogens with zero attached hydrogens (tertiary/aromatic N) is 2. The third-order valence-corrected chi connectivity index (χ3v) is 1.58. The van der Waals surface area contributed by atoms with Crippen molar-refractivity contribution in [1.82, 2.24) is 10.3 Å². The van der Waals surface area contributed by atoms with Crippen LogP contribution in [0.5, 0.6) is 0 Å². The van der Waals surface area contributed by atoms with Crippen molar-refractivity contribution in [3.05, 3.63) is 23.9 Å². The summed E-state index contributed by atoms with van der Waals surface area (Å²) in [5, 5.41) is 12.2. The number of hydrogen-bond acceptors (Lipinski definition) is 3. The van der Waals surface area contributed by atoms with Gasteiger partial charge < -0.3 is 5.32 Å². The largest absolute Gasteiger partial charge is 0.405 e. The third-order valence-electron chi connectivity index (χ3n) is 1.58. The molecule has 17 heavy (non-hydrogen) atoms. The zero-order valence-corrected chi connectivity index (χ0v) is 8.38. The Morgan fingerprint density at radius 1 is 1.47 bits per heavy atom. The van der Waals surface area contributed by atoms with Crippen molar-refractivity contribution >= 4 is 11.8 Å². The van der Waals surface area contributed by atoms with Crippen molar-refractivity contribution in [1.29, 1.82) is 5.26 Å². The molecule has 1 aromatic heterocycles. The van der Waals surface area contributed by atoms with Crippen LogP contribution in [0.3, 0.4) is 0 Å². The van der Waals surface area contributed by atoms with Crippen LogP contribution < -0.4 is 10.6 Å². The number of hydrogen-bond donors (Lipinski definition) is 2. The molecule has 1 heterocycles. The van der Waals surface area contributed by atoms with Gasteiger partial charge in [0.05, 0.1) is 5.56 Å². The number of urea groups is 1. The van der Waals surface area contributed by atoms with E-state index >= 15 is 0 Å². The van der Waals surface area contributed by atoms with E-state index < -0.39 is 18.8 Å². The lowest BCUT2D eigenvalue weighted by Gasteiger charge is -2.09. The fourth-order valence-corrected chi connectivity index (χ4v) is 0.875. The van der Waals surface area contributed by atoms with Gasteiger partial charge >= 0.3 is 12.2 Å². The summed E-state index contributed by atoms with van der Waals surface area (Å²) in [6, 6.07) is 3.49. The predicted molar refractivity (Wildman–Crippen MR) is 52.0 cm³/mol.